The third-order valence-electron chi connectivity index (χ3n) is 12.7. The second-order valence-corrected chi connectivity index (χ2v) is 17.5. The Balaban J connectivity index is 0.788. The molecule has 7 heterocycles. The van der Waals surface area contributed by atoms with Crippen molar-refractivity contribution in [2.75, 3.05) is 56.0 Å². The third-order valence-corrected chi connectivity index (χ3v) is 12.7. The molecule has 3 aliphatic heterocycles. The van der Waals surface area contributed by atoms with E-state index in [1.165, 1.54) is 10.9 Å². The van der Waals surface area contributed by atoms with Gasteiger partial charge in [-0.25, -0.2) is 24.1 Å². The van der Waals surface area contributed by atoms with E-state index in [4.69, 9.17) is 4.98 Å². The lowest BCUT2D eigenvalue weighted by atomic mass is 9.95. The van der Waals surface area contributed by atoms with Crippen LogP contribution in [0.1, 0.15) is 56.8 Å². The molecular formula is C46H54N12O5. The molecule has 63 heavy (non-hydrogen) atoms. The molecule has 3 N–H and O–H groups in total. The number of hydrogen-bond acceptors (Lipinski definition) is 12. The number of imide groups is 1. The maximum Gasteiger partial charge on any atom is 0.329 e. The zero-order valence-electron chi connectivity index (χ0n) is 36.0. The van der Waals surface area contributed by atoms with Crippen molar-refractivity contribution in [1.29, 1.82) is 0 Å². The van der Waals surface area contributed by atoms with E-state index in [2.05, 4.69) is 60.1 Å². The zero-order valence-corrected chi connectivity index (χ0v) is 36.0. The van der Waals surface area contributed by atoms with Crippen LogP contribution in [-0.2, 0) is 35.3 Å². The lowest BCUT2D eigenvalue weighted by molar-refractivity contribution is -0.135. The smallest absolute Gasteiger partial charge is 0.329 e. The summed E-state index contributed by atoms with van der Waals surface area (Å²) < 4.78 is 6.36. The van der Waals surface area contributed by atoms with Crippen molar-refractivity contribution in [3.8, 4) is 5.82 Å². The average molecular weight is 855 g/mol. The number of anilines is 3. The molecule has 2 amide bonds. The van der Waals surface area contributed by atoms with E-state index < -0.39 is 17.6 Å². The van der Waals surface area contributed by atoms with Crippen molar-refractivity contribution in [2.45, 2.75) is 64.3 Å². The summed E-state index contributed by atoms with van der Waals surface area (Å²) in [6.45, 7) is 15.0. The number of imidazole rings is 1. The second-order valence-electron chi connectivity index (χ2n) is 17.5. The Morgan fingerprint density at radius 3 is 2.37 bits per heavy atom. The number of fused-ring (bicyclic) bond motifs is 2. The van der Waals surface area contributed by atoms with E-state index in [1.807, 2.05) is 24.3 Å². The zero-order chi connectivity index (χ0) is 44.0. The number of para-hydroxylation sites is 1. The maximum atomic E-state index is 13.4. The van der Waals surface area contributed by atoms with Gasteiger partial charge in [0.1, 0.15) is 17.0 Å². The fraction of sp³-hybridized carbons (Fsp3) is 0.413. The van der Waals surface area contributed by atoms with Gasteiger partial charge in [0, 0.05) is 70.3 Å². The molecule has 0 aliphatic carbocycles. The van der Waals surface area contributed by atoms with E-state index in [0.29, 0.717) is 40.8 Å². The van der Waals surface area contributed by atoms with Crippen LogP contribution in [0.25, 0.3) is 27.9 Å². The Hall–Kier alpha value is -6.43. The molecule has 2 aromatic carbocycles. The maximum absolute atomic E-state index is 13.4. The Morgan fingerprint density at radius 1 is 0.905 bits per heavy atom. The van der Waals surface area contributed by atoms with Crippen LogP contribution in [0.4, 0.5) is 17.3 Å². The predicted molar refractivity (Wildman–Crippen MR) is 241 cm³/mol. The van der Waals surface area contributed by atoms with Crippen LogP contribution in [0, 0.1) is 5.92 Å². The first-order chi connectivity index (χ1) is 30.4. The Bertz CT molecular complexity index is 2820. The van der Waals surface area contributed by atoms with Crippen molar-refractivity contribution >= 4 is 51.2 Å². The number of hydrogen-bond donors (Lipinski definition) is 3. The van der Waals surface area contributed by atoms with Crippen molar-refractivity contribution in [1.82, 2.24) is 48.6 Å². The molecule has 1 atom stereocenters. The number of aliphatic hydroxyl groups is 1. The second kappa shape index (κ2) is 17.0. The first-order valence-electron chi connectivity index (χ1n) is 21.8. The largest absolute Gasteiger partial charge is 0.384 e. The molecule has 4 aromatic heterocycles. The van der Waals surface area contributed by atoms with E-state index in [0.717, 1.165) is 93.2 Å². The number of allylic oxidation sites excluding steroid dienone is 1. The molecule has 6 aromatic rings. The van der Waals surface area contributed by atoms with E-state index in [-0.39, 0.29) is 30.1 Å². The molecule has 3 aliphatic rings. The first kappa shape index (κ1) is 41.9. The SMILES string of the molecule is C=CCn1c(=O)c2cnc(Nc3ccc(N4CCN(CC5CCN(Cc6cccc7c6n(C)c(=O)n7C6CCC(=O)NC6=O)CC5)CC4)cc3)nc2n1-c1cccc(C(C)(C)O)n1. The molecule has 0 radical (unpaired) electrons. The van der Waals surface area contributed by atoms with E-state index in [9.17, 15) is 24.3 Å². The van der Waals surface area contributed by atoms with Crippen LogP contribution < -0.4 is 26.8 Å². The number of carbonyl (C=O) groups is 2. The molecule has 17 nitrogen and oxygen atoms in total. The average Bonchev–Trinajstić information content (AvgIpc) is 3.69. The summed E-state index contributed by atoms with van der Waals surface area (Å²) in [6, 6.07) is 18.8. The highest BCUT2D eigenvalue weighted by molar-refractivity contribution is 6.00. The van der Waals surface area contributed by atoms with Gasteiger partial charge in [-0.05, 0) is 100 Å². The van der Waals surface area contributed by atoms with Gasteiger partial charge in [0.05, 0.1) is 23.3 Å². The summed E-state index contributed by atoms with van der Waals surface area (Å²) in [5.41, 5.74) is 3.79. The molecule has 0 saturated carbocycles. The van der Waals surface area contributed by atoms with Crippen molar-refractivity contribution in [3.05, 3.63) is 112 Å². The highest BCUT2D eigenvalue weighted by Gasteiger charge is 2.32. The number of rotatable bonds is 12. The number of nitrogens with zero attached hydrogens (tertiary/aromatic N) is 10. The Labute approximate surface area is 364 Å². The van der Waals surface area contributed by atoms with Gasteiger partial charge in [0.2, 0.25) is 17.8 Å². The number of piperazine rings is 1. The van der Waals surface area contributed by atoms with Gasteiger partial charge in [-0.15, -0.1) is 6.58 Å². The van der Waals surface area contributed by atoms with Crippen LogP contribution in [0.5, 0.6) is 0 Å². The summed E-state index contributed by atoms with van der Waals surface area (Å²) in [6.07, 6.45) is 5.93. The summed E-state index contributed by atoms with van der Waals surface area (Å²) in [7, 11) is 1.76. The van der Waals surface area contributed by atoms with Crippen molar-refractivity contribution in [3.63, 3.8) is 0 Å². The normalized spacial score (nSPS) is 18.3. The predicted octanol–water partition coefficient (Wildman–Crippen LogP) is 3.80. The molecule has 328 valence electrons. The molecule has 17 heteroatoms. The Morgan fingerprint density at radius 2 is 1.65 bits per heavy atom. The molecule has 3 saturated heterocycles. The minimum Gasteiger partial charge on any atom is -0.384 e. The number of likely N-dealkylation sites (tertiary alicyclic amines) is 1. The number of piperidine rings is 2. The van der Waals surface area contributed by atoms with Crippen LogP contribution in [0.15, 0.2) is 89.1 Å². The summed E-state index contributed by atoms with van der Waals surface area (Å²) >= 11 is 0. The number of aryl methyl sites for hydroxylation is 1. The monoisotopic (exact) mass is 854 g/mol. The topological polar surface area (TPSA) is 181 Å². The van der Waals surface area contributed by atoms with Crippen LogP contribution in [0.3, 0.4) is 0 Å². The fourth-order valence-electron chi connectivity index (χ4n) is 9.37. The molecular weight excluding hydrogens is 801 g/mol. The number of pyridine rings is 1. The quantitative estimate of drug-likeness (QED) is 0.120. The lowest BCUT2D eigenvalue weighted by Gasteiger charge is -2.39. The molecule has 3 fully saturated rings. The van der Waals surface area contributed by atoms with Gasteiger partial charge in [-0.3, -0.25) is 38.6 Å². The number of amides is 2. The molecule has 0 bridgehead atoms. The van der Waals surface area contributed by atoms with E-state index in [1.54, 1.807) is 59.0 Å². The number of aromatic nitrogens is 7. The van der Waals surface area contributed by atoms with Gasteiger partial charge in [0.25, 0.3) is 5.56 Å². The van der Waals surface area contributed by atoms with Crippen molar-refractivity contribution < 1.29 is 14.7 Å². The van der Waals surface area contributed by atoms with Crippen LogP contribution in [0.2, 0.25) is 0 Å². The van der Waals surface area contributed by atoms with Crippen LogP contribution >= 0.6 is 0 Å². The van der Waals surface area contributed by atoms with Gasteiger partial charge in [-0.2, -0.15) is 4.98 Å². The molecule has 1 unspecified atom stereocenters. The lowest BCUT2D eigenvalue weighted by Crippen LogP contribution is -2.48. The summed E-state index contributed by atoms with van der Waals surface area (Å²) in [5.74, 6) is 0.691. The summed E-state index contributed by atoms with van der Waals surface area (Å²) in [4.78, 5) is 72.7. The van der Waals surface area contributed by atoms with Gasteiger partial charge < -0.3 is 15.3 Å². The highest BCUT2D eigenvalue weighted by atomic mass is 16.3. The molecule has 9 rings (SSSR count). The minimum absolute atomic E-state index is 0.218. The Kier molecular flexibility index (Phi) is 11.3. The third kappa shape index (κ3) is 8.31. The summed E-state index contributed by atoms with van der Waals surface area (Å²) in [5, 5.41) is 16.7. The number of carbonyl (C=O) groups excluding carboxylic acids is 2. The van der Waals surface area contributed by atoms with Gasteiger partial charge in [0.15, 0.2) is 11.5 Å². The first-order valence-corrected chi connectivity index (χ1v) is 21.8. The standard InChI is InChI=1S/C46H54N12O5/c1-5-20-56-43(61)34-27-47-44(51-41(34)58(56)38-11-7-10-37(49-38)46(2,3)63)48-32-12-14-33(15-13-32)55-25-23-54(24-26-55)28-30-18-21-53(22-19-30)29-31-8-6-9-35-40(31)52(4)45(62)57(35)36-16-17-39(59)50-42(36)60/h5-15,27,30,36,63H,1,16-26,28-29H2,2-4H3,(H,47,48,51)(H,50,59,60). The number of benzene rings is 2. The fourth-order valence-corrected chi connectivity index (χ4v) is 9.37. The number of nitrogens with one attached hydrogen (secondary N) is 2. The van der Waals surface area contributed by atoms with Gasteiger partial charge in [-0.1, -0.05) is 24.3 Å². The highest BCUT2D eigenvalue weighted by Crippen LogP contribution is 2.29. The van der Waals surface area contributed by atoms with E-state index >= 15 is 0 Å². The van der Waals surface area contributed by atoms with Crippen molar-refractivity contribution in [2.24, 2.45) is 13.0 Å². The minimum atomic E-state index is -1.17. The van der Waals surface area contributed by atoms with Gasteiger partial charge >= 0.3 is 5.69 Å². The molecule has 0 spiro atoms. The van der Waals surface area contributed by atoms with Crippen LogP contribution in [-0.4, -0.2) is 106 Å².